The summed E-state index contributed by atoms with van der Waals surface area (Å²) in [4.78, 5) is 12.1. The number of rotatable bonds is 3. The smallest absolute Gasteiger partial charge is 0.251 e. The third-order valence-corrected chi connectivity index (χ3v) is 4.18. The van der Waals surface area contributed by atoms with Gasteiger partial charge < -0.3 is 10.1 Å². The lowest BCUT2D eigenvalue weighted by Crippen LogP contribution is -2.31. The van der Waals surface area contributed by atoms with Crippen molar-refractivity contribution in [2.75, 3.05) is 13.2 Å². The summed E-state index contributed by atoms with van der Waals surface area (Å²) in [5, 5.41) is 2.95. The van der Waals surface area contributed by atoms with Crippen LogP contribution >= 0.6 is 15.9 Å². The standard InChI is InChI=1S/C17H16BrNO2/c18-14-7-5-13(6-8-14)17(20)19-11-16-15-4-2-1-3-12(15)9-10-21-16/h1-8,16H,9-11H2,(H,19,20)/t16-/m0/s1. The van der Waals surface area contributed by atoms with Crippen molar-refractivity contribution in [1.29, 1.82) is 0 Å². The molecule has 0 aliphatic carbocycles. The molecule has 3 rings (SSSR count). The van der Waals surface area contributed by atoms with E-state index in [-0.39, 0.29) is 12.0 Å². The number of ether oxygens (including phenoxy) is 1. The molecule has 0 fully saturated rings. The molecular weight excluding hydrogens is 330 g/mol. The Morgan fingerprint density at radius 3 is 2.76 bits per heavy atom. The van der Waals surface area contributed by atoms with Crippen LogP contribution in [0.1, 0.15) is 27.6 Å². The van der Waals surface area contributed by atoms with E-state index in [1.54, 1.807) is 12.1 Å². The van der Waals surface area contributed by atoms with Crippen molar-refractivity contribution in [3.63, 3.8) is 0 Å². The number of carbonyl (C=O) groups excluding carboxylic acids is 1. The van der Waals surface area contributed by atoms with Gasteiger partial charge in [0.25, 0.3) is 5.91 Å². The van der Waals surface area contributed by atoms with Gasteiger partial charge in [0.15, 0.2) is 0 Å². The Hall–Kier alpha value is -1.65. The molecule has 1 aliphatic rings. The van der Waals surface area contributed by atoms with E-state index in [1.165, 1.54) is 11.1 Å². The van der Waals surface area contributed by atoms with Crippen molar-refractivity contribution >= 4 is 21.8 Å². The van der Waals surface area contributed by atoms with Crippen LogP contribution in [0.2, 0.25) is 0 Å². The summed E-state index contributed by atoms with van der Waals surface area (Å²) in [5.41, 5.74) is 3.15. The molecule has 0 spiro atoms. The second-order valence-corrected chi connectivity index (χ2v) is 5.94. The Morgan fingerprint density at radius 1 is 1.19 bits per heavy atom. The first kappa shape index (κ1) is 14.3. The summed E-state index contributed by atoms with van der Waals surface area (Å²) >= 11 is 3.36. The Morgan fingerprint density at radius 2 is 1.95 bits per heavy atom. The second kappa shape index (κ2) is 6.41. The molecule has 1 heterocycles. The Balaban J connectivity index is 1.66. The first-order chi connectivity index (χ1) is 10.2. The summed E-state index contributed by atoms with van der Waals surface area (Å²) in [6.07, 6.45) is 0.877. The Kier molecular flexibility index (Phi) is 4.36. The number of fused-ring (bicyclic) bond motifs is 1. The van der Waals surface area contributed by atoms with Crippen LogP contribution in [0.3, 0.4) is 0 Å². The van der Waals surface area contributed by atoms with E-state index >= 15 is 0 Å². The summed E-state index contributed by atoms with van der Waals surface area (Å²) in [6.45, 7) is 1.20. The summed E-state index contributed by atoms with van der Waals surface area (Å²) in [5.74, 6) is -0.0749. The van der Waals surface area contributed by atoms with Crippen LogP contribution in [0, 0.1) is 0 Å². The number of hydrogen-bond acceptors (Lipinski definition) is 2. The van der Waals surface area contributed by atoms with Gasteiger partial charge in [0, 0.05) is 16.6 Å². The van der Waals surface area contributed by atoms with Crippen LogP contribution in [-0.2, 0) is 11.2 Å². The fourth-order valence-electron chi connectivity index (χ4n) is 2.53. The van der Waals surface area contributed by atoms with Gasteiger partial charge in [0.05, 0.1) is 6.61 Å². The second-order valence-electron chi connectivity index (χ2n) is 5.03. The number of halogens is 1. The summed E-state index contributed by atoms with van der Waals surface area (Å²) in [7, 11) is 0. The molecule has 4 heteroatoms. The van der Waals surface area contributed by atoms with E-state index in [0.717, 1.165) is 10.9 Å². The highest BCUT2D eigenvalue weighted by molar-refractivity contribution is 9.10. The van der Waals surface area contributed by atoms with Crippen molar-refractivity contribution in [3.05, 3.63) is 69.7 Å². The molecule has 2 aromatic carbocycles. The SMILES string of the molecule is O=C(NC[C@@H]1OCCc2ccccc21)c1ccc(Br)cc1. The number of nitrogens with one attached hydrogen (secondary N) is 1. The minimum atomic E-state index is -0.0749. The molecule has 0 unspecified atom stereocenters. The van der Waals surface area contributed by atoms with Crippen LogP contribution in [0.4, 0.5) is 0 Å². The molecule has 21 heavy (non-hydrogen) atoms. The van der Waals surface area contributed by atoms with Gasteiger partial charge in [-0.2, -0.15) is 0 Å². The number of carbonyl (C=O) groups is 1. The first-order valence-corrected chi connectivity index (χ1v) is 7.76. The van der Waals surface area contributed by atoms with Gasteiger partial charge in [-0.25, -0.2) is 0 Å². The molecule has 0 bridgehead atoms. The third kappa shape index (κ3) is 3.34. The van der Waals surface area contributed by atoms with Gasteiger partial charge in [-0.05, 0) is 41.8 Å². The van der Waals surface area contributed by atoms with E-state index in [9.17, 15) is 4.79 Å². The number of benzene rings is 2. The molecule has 0 saturated heterocycles. The monoisotopic (exact) mass is 345 g/mol. The lowest BCUT2D eigenvalue weighted by atomic mass is 9.97. The van der Waals surface area contributed by atoms with Crippen molar-refractivity contribution < 1.29 is 9.53 Å². The molecule has 2 aromatic rings. The van der Waals surface area contributed by atoms with Crippen molar-refractivity contribution in [2.24, 2.45) is 0 Å². The average molecular weight is 346 g/mol. The Bertz CT molecular complexity index is 639. The van der Waals surface area contributed by atoms with Crippen LogP contribution < -0.4 is 5.32 Å². The van der Waals surface area contributed by atoms with E-state index in [1.807, 2.05) is 24.3 Å². The highest BCUT2D eigenvalue weighted by atomic mass is 79.9. The number of hydrogen-bond donors (Lipinski definition) is 1. The molecule has 0 aromatic heterocycles. The number of amides is 1. The van der Waals surface area contributed by atoms with Gasteiger partial charge in [-0.3, -0.25) is 4.79 Å². The van der Waals surface area contributed by atoms with Gasteiger partial charge in [0.1, 0.15) is 6.10 Å². The van der Waals surface area contributed by atoms with Crippen molar-refractivity contribution in [3.8, 4) is 0 Å². The quantitative estimate of drug-likeness (QED) is 0.924. The van der Waals surface area contributed by atoms with E-state index in [0.29, 0.717) is 18.7 Å². The van der Waals surface area contributed by atoms with Gasteiger partial charge in [-0.15, -0.1) is 0 Å². The van der Waals surface area contributed by atoms with Crippen LogP contribution in [-0.4, -0.2) is 19.1 Å². The maximum Gasteiger partial charge on any atom is 0.251 e. The molecule has 1 amide bonds. The first-order valence-electron chi connectivity index (χ1n) is 6.97. The fourth-order valence-corrected chi connectivity index (χ4v) is 2.80. The molecule has 1 N–H and O–H groups in total. The zero-order valence-corrected chi connectivity index (χ0v) is 13.1. The maximum atomic E-state index is 12.1. The topological polar surface area (TPSA) is 38.3 Å². The molecule has 0 radical (unpaired) electrons. The Labute approximate surface area is 132 Å². The molecule has 1 aliphatic heterocycles. The predicted octanol–water partition coefficient (Wildman–Crippen LogP) is 3.49. The maximum absolute atomic E-state index is 12.1. The molecule has 0 saturated carbocycles. The van der Waals surface area contributed by atoms with E-state index in [4.69, 9.17) is 4.74 Å². The summed E-state index contributed by atoms with van der Waals surface area (Å²) < 4.78 is 6.75. The average Bonchev–Trinajstić information content (AvgIpc) is 2.53. The van der Waals surface area contributed by atoms with Crippen LogP contribution in [0.5, 0.6) is 0 Å². The van der Waals surface area contributed by atoms with Gasteiger partial charge in [-0.1, -0.05) is 40.2 Å². The third-order valence-electron chi connectivity index (χ3n) is 3.65. The fraction of sp³-hybridized carbons (Fsp3) is 0.235. The van der Waals surface area contributed by atoms with Gasteiger partial charge in [0.2, 0.25) is 0 Å². The minimum Gasteiger partial charge on any atom is -0.371 e. The summed E-state index contributed by atoms with van der Waals surface area (Å²) in [6, 6.07) is 15.6. The lowest BCUT2D eigenvalue weighted by Gasteiger charge is -2.26. The zero-order chi connectivity index (χ0) is 14.7. The normalized spacial score (nSPS) is 17.1. The zero-order valence-electron chi connectivity index (χ0n) is 11.5. The minimum absolute atomic E-state index is 0.0608. The largest absolute Gasteiger partial charge is 0.371 e. The predicted molar refractivity (Wildman–Crippen MR) is 85.3 cm³/mol. The highest BCUT2D eigenvalue weighted by Crippen LogP contribution is 2.26. The van der Waals surface area contributed by atoms with Gasteiger partial charge >= 0.3 is 0 Å². The lowest BCUT2D eigenvalue weighted by molar-refractivity contribution is 0.0411. The molecule has 3 nitrogen and oxygen atoms in total. The van der Waals surface area contributed by atoms with E-state index < -0.39 is 0 Å². The van der Waals surface area contributed by atoms with Crippen molar-refractivity contribution in [1.82, 2.24) is 5.32 Å². The molecular formula is C17H16BrNO2. The molecule has 1 atom stereocenters. The van der Waals surface area contributed by atoms with E-state index in [2.05, 4.69) is 33.4 Å². The highest BCUT2D eigenvalue weighted by Gasteiger charge is 2.21. The molecule has 108 valence electrons. The van der Waals surface area contributed by atoms with Crippen LogP contribution in [0.25, 0.3) is 0 Å². The van der Waals surface area contributed by atoms with Crippen LogP contribution in [0.15, 0.2) is 53.0 Å². The van der Waals surface area contributed by atoms with Crippen molar-refractivity contribution in [2.45, 2.75) is 12.5 Å².